The number of aliphatic hydroxyl groups is 1. The number of rotatable bonds is 6. The molecule has 2 heteroatoms. The molecule has 0 aromatic carbocycles. The molecular formula is C11H23NO. The minimum absolute atomic E-state index is 0.358. The van der Waals surface area contributed by atoms with Crippen molar-refractivity contribution in [3.8, 4) is 0 Å². The molecule has 0 saturated carbocycles. The van der Waals surface area contributed by atoms with Crippen molar-refractivity contribution in [2.45, 2.75) is 39.5 Å². The highest BCUT2D eigenvalue weighted by Gasteiger charge is 2.32. The van der Waals surface area contributed by atoms with Crippen LogP contribution in [0.25, 0.3) is 0 Å². The Kier molecular flexibility index (Phi) is 4.20. The topological polar surface area (TPSA) is 23.5 Å². The molecule has 1 aliphatic heterocycles. The summed E-state index contributed by atoms with van der Waals surface area (Å²) >= 11 is 0. The number of nitrogens with zero attached hydrogens (tertiary/aromatic N) is 1. The van der Waals surface area contributed by atoms with E-state index in [1.807, 2.05) is 0 Å². The largest absolute Gasteiger partial charge is 0.396 e. The van der Waals surface area contributed by atoms with Crippen LogP contribution in [0.3, 0.4) is 0 Å². The van der Waals surface area contributed by atoms with E-state index in [1.54, 1.807) is 0 Å². The molecule has 0 amide bonds. The van der Waals surface area contributed by atoms with Crippen molar-refractivity contribution in [3.63, 3.8) is 0 Å². The summed E-state index contributed by atoms with van der Waals surface area (Å²) in [6.07, 6.45) is 4.74. The van der Waals surface area contributed by atoms with E-state index in [9.17, 15) is 0 Å². The van der Waals surface area contributed by atoms with Gasteiger partial charge in [-0.1, -0.05) is 26.7 Å². The summed E-state index contributed by atoms with van der Waals surface area (Å²) in [6.45, 7) is 8.82. The fraction of sp³-hybridized carbons (Fsp3) is 1.00. The second kappa shape index (κ2) is 4.97. The minimum atomic E-state index is 0.358. The fourth-order valence-corrected chi connectivity index (χ4v) is 2.12. The Bertz CT molecular complexity index is 137. The molecule has 1 saturated heterocycles. The van der Waals surface area contributed by atoms with Crippen LogP contribution in [0.1, 0.15) is 39.5 Å². The molecule has 0 aromatic rings. The van der Waals surface area contributed by atoms with Crippen LogP contribution in [0.2, 0.25) is 0 Å². The third kappa shape index (κ3) is 4.10. The average Bonchev–Trinajstić information content (AvgIpc) is 2.00. The Balaban J connectivity index is 1.85. The first-order valence-electron chi connectivity index (χ1n) is 5.47. The summed E-state index contributed by atoms with van der Waals surface area (Å²) in [5.41, 5.74) is 0.575. The van der Waals surface area contributed by atoms with Gasteiger partial charge in [0.25, 0.3) is 0 Å². The van der Waals surface area contributed by atoms with Crippen molar-refractivity contribution < 1.29 is 5.11 Å². The van der Waals surface area contributed by atoms with Crippen LogP contribution in [-0.4, -0.2) is 36.2 Å². The van der Waals surface area contributed by atoms with Crippen LogP contribution in [0.15, 0.2) is 0 Å². The molecule has 0 aromatic heterocycles. The van der Waals surface area contributed by atoms with Gasteiger partial charge in [0, 0.05) is 19.7 Å². The second-order valence-electron chi connectivity index (χ2n) is 5.01. The third-order valence-corrected chi connectivity index (χ3v) is 2.69. The Hall–Kier alpha value is -0.0800. The van der Waals surface area contributed by atoms with Gasteiger partial charge in [-0.15, -0.1) is 0 Å². The lowest BCUT2D eigenvalue weighted by Crippen LogP contribution is -2.52. The number of aliphatic hydroxyl groups excluding tert-OH is 1. The quantitative estimate of drug-likeness (QED) is 0.639. The predicted molar refractivity (Wildman–Crippen MR) is 55.8 cm³/mol. The highest BCUT2D eigenvalue weighted by Crippen LogP contribution is 2.28. The van der Waals surface area contributed by atoms with Crippen molar-refractivity contribution >= 4 is 0 Å². The maximum Gasteiger partial charge on any atom is 0.0431 e. The highest BCUT2D eigenvalue weighted by atomic mass is 16.2. The maximum atomic E-state index is 8.59. The van der Waals surface area contributed by atoms with E-state index >= 15 is 0 Å². The zero-order valence-electron chi connectivity index (χ0n) is 9.05. The van der Waals surface area contributed by atoms with Gasteiger partial charge in [0.1, 0.15) is 0 Å². The van der Waals surface area contributed by atoms with Gasteiger partial charge in [-0.25, -0.2) is 0 Å². The molecule has 1 fully saturated rings. The van der Waals surface area contributed by atoms with Crippen molar-refractivity contribution in [2.75, 3.05) is 26.2 Å². The summed E-state index contributed by atoms with van der Waals surface area (Å²) in [5, 5.41) is 8.59. The summed E-state index contributed by atoms with van der Waals surface area (Å²) in [5.74, 6) is 0. The summed E-state index contributed by atoms with van der Waals surface area (Å²) < 4.78 is 0. The number of hydrogen-bond donors (Lipinski definition) is 1. The van der Waals surface area contributed by atoms with E-state index < -0.39 is 0 Å². The van der Waals surface area contributed by atoms with Gasteiger partial charge in [0.15, 0.2) is 0 Å². The van der Waals surface area contributed by atoms with Gasteiger partial charge < -0.3 is 10.0 Å². The van der Waals surface area contributed by atoms with Crippen LogP contribution in [0.5, 0.6) is 0 Å². The number of likely N-dealkylation sites (tertiary alicyclic amines) is 1. The lowest BCUT2D eigenvalue weighted by atomic mass is 9.84. The van der Waals surface area contributed by atoms with Gasteiger partial charge in [0.2, 0.25) is 0 Å². The van der Waals surface area contributed by atoms with Gasteiger partial charge >= 0.3 is 0 Å². The normalized spacial score (nSPS) is 21.5. The molecule has 2 nitrogen and oxygen atoms in total. The Labute approximate surface area is 81.9 Å². The average molecular weight is 185 g/mol. The predicted octanol–water partition coefficient (Wildman–Crippen LogP) is 1.88. The highest BCUT2D eigenvalue weighted by molar-refractivity contribution is 4.86. The molecular weight excluding hydrogens is 162 g/mol. The smallest absolute Gasteiger partial charge is 0.0431 e. The molecule has 1 rings (SSSR count). The van der Waals surface area contributed by atoms with E-state index in [1.165, 1.54) is 38.9 Å². The first kappa shape index (κ1) is 11.0. The molecule has 1 heterocycles. The minimum Gasteiger partial charge on any atom is -0.396 e. The molecule has 0 spiro atoms. The van der Waals surface area contributed by atoms with Gasteiger partial charge in [0.05, 0.1) is 0 Å². The molecule has 78 valence electrons. The van der Waals surface area contributed by atoms with Crippen LogP contribution in [0.4, 0.5) is 0 Å². The maximum absolute atomic E-state index is 8.59. The molecule has 1 aliphatic rings. The SMILES string of the molecule is CC1(C)CN(CCCCCCO)C1. The van der Waals surface area contributed by atoms with Crippen molar-refractivity contribution in [1.29, 1.82) is 0 Å². The molecule has 13 heavy (non-hydrogen) atoms. The van der Waals surface area contributed by atoms with Crippen molar-refractivity contribution in [2.24, 2.45) is 5.41 Å². The summed E-state index contributed by atoms with van der Waals surface area (Å²) in [7, 11) is 0. The van der Waals surface area contributed by atoms with E-state index in [2.05, 4.69) is 18.7 Å². The first-order valence-corrected chi connectivity index (χ1v) is 5.47. The Morgan fingerprint density at radius 3 is 2.23 bits per heavy atom. The van der Waals surface area contributed by atoms with Crippen LogP contribution < -0.4 is 0 Å². The van der Waals surface area contributed by atoms with E-state index in [4.69, 9.17) is 5.11 Å². The summed E-state index contributed by atoms with van der Waals surface area (Å²) in [6, 6.07) is 0. The Morgan fingerprint density at radius 1 is 1.08 bits per heavy atom. The summed E-state index contributed by atoms with van der Waals surface area (Å²) in [4.78, 5) is 2.53. The van der Waals surface area contributed by atoms with Crippen molar-refractivity contribution in [3.05, 3.63) is 0 Å². The number of unbranched alkanes of at least 4 members (excludes halogenated alkanes) is 3. The van der Waals surface area contributed by atoms with Crippen LogP contribution >= 0.6 is 0 Å². The molecule has 0 atom stereocenters. The van der Waals surface area contributed by atoms with E-state index in [0.29, 0.717) is 12.0 Å². The monoisotopic (exact) mass is 185 g/mol. The standard InChI is InChI=1S/C11H23NO/c1-11(2)9-12(10-11)7-5-3-4-6-8-13/h13H,3-10H2,1-2H3. The molecule has 0 aliphatic carbocycles. The molecule has 1 N–H and O–H groups in total. The lowest BCUT2D eigenvalue weighted by molar-refractivity contribution is 0.0299. The fourth-order valence-electron chi connectivity index (χ4n) is 2.12. The van der Waals surface area contributed by atoms with Crippen molar-refractivity contribution in [1.82, 2.24) is 4.90 Å². The van der Waals surface area contributed by atoms with E-state index in [-0.39, 0.29) is 0 Å². The lowest BCUT2D eigenvalue weighted by Gasteiger charge is -2.46. The van der Waals surface area contributed by atoms with Gasteiger partial charge in [-0.2, -0.15) is 0 Å². The molecule has 0 radical (unpaired) electrons. The Morgan fingerprint density at radius 2 is 1.69 bits per heavy atom. The molecule has 0 unspecified atom stereocenters. The zero-order valence-corrected chi connectivity index (χ0v) is 9.05. The van der Waals surface area contributed by atoms with Gasteiger partial charge in [-0.3, -0.25) is 0 Å². The second-order valence-corrected chi connectivity index (χ2v) is 5.01. The van der Waals surface area contributed by atoms with Crippen LogP contribution in [0, 0.1) is 5.41 Å². The zero-order chi connectivity index (χ0) is 9.73. The van der Waals surface area contributed by atoms with Gasteiger partial charge in [-0.05, 0) is 24.8 Å². The van der Waals surface area contributed by atoms with E-state index in [0.717, 1.165) is 6.42 Å². The van der Waals surface area contributed by atoms with Crippen LogP contribution in [-0.2, 0) is 0 Å². The first-order chi connectivity index (χ1) is 6.14. The molecule has 0 bridgehead atoms. The number of hydrogen-bond acceptors (Lipinski definition) is 2. The third-order valence-electron chi connectivity index (χ3n) is 2.69.